The minimum absolute atomic E-state index is 0.125. The van der Waals surface area contributed by atoms with Crippen molar-refractivity contribution in [2.75, 3.05) is 31.1 Å². The Morgan fingerprint density at radius 2 is 1.57 bits per heavy atom. The second-order valence-corrected chi connectivity index (χ2v) is 11.1. The highest BCUT2D eigenvalue weighted by Crippen LogP contribution is 2.25. The van der Waals surface area contributed by atoms with Gasteiger partial charge in [0.15, 0.2) is 0 Å². The standard InChI is InChI=1S/C31H35Cl2FN4O2/c1-21(35-20-25-8-3-5-9-28(25)34)17-24-7-4-6-10-30(24)37-13-15-38(16-14-37)31(40)29(36-22(2)39)18-23-11-12-26(32)19-27(23)33/h3-12,19,21,29,35H,13-18,20H2,1-2H3,(H,36,39)/t21?,29-/m1/s1. The third-order valence-electron chi connectivity index (χ3n) is 7.16. The first kappa shape index (κ1) is 29.8. The van der Waals surface area contributed by atoms with E-state index in [1.807, 2.05) is 23.1 Å². The summed E-state index contributed by atoms with van der Waals surface area (Å²) in [6.45, 7) is 6.40. The summed E-state index contributed by atoms with van der Waals surface area (Å²) in [5.41, 5.74) is 3.74. The van der Waals surface area contributed by atoms with E-state index in [1.165, 1.54) is 18.6 Å². The van der Waals surface area contributed by atoms with Crippen LogP contribution in [-0.2, 0) is 29.0 Å². The number of piperazine rings is 1. The van der Waals surface area contributed by atoms with Gasteiger partial charge in [0.25, 0.3) is 0 Å². The monoisotopic (exact) mass is 584 g/mol. The number of nitrogens with one attached hydrogen (secondary N) is 2. The molecule has 1 aliphatic rings. The zero-order valence-electron chi connectivity index (χ0n) is 22.8. The molecule has 212 valence electrons. The Morgan fingerprint density at radius 1 is 0.900 bits per heavy atom. The van der Waals surface area contributed by atoms with Crippen molar-refractivity contribution in [1.29, 1.82) is 0 Å². The molecule has 0 saturated carbocycles. The van der Waals surface area contributed by atoms with Crippen LogP contribution in [0.2, 0.25) is 10.0 Å². The SMILES string of the molecule is CC(=O)N[C@H](Cc1ccc(Cl)cc1Cl)C(=O)N1CCN(c2ccccc2CC(C)NCc2ccccc2F)CC1. The van der Waals surface area contributed by atoms with Gasteiger partial charge in [0.1, 0.15) is 11.9 Å². The van der Waals surface area contributed by atoms with Gasteiger partial charge in [-0.15, -0.1) is 0 Å². The molecule has 1 unspecified atom stereocenters. The molecule has 2 atom stereocenters. The lowest BCUT2D eigenvalue weighted by atomic mass is 10.0. The van der Waals surface area contributed by atoms with Gasteiger partial charge in [-0.25, -0.2) is 4.39 Å². The first-order valence-electron chi connectivity index (χ1n) is 13.5. The fourth-order valence-electron chi connectivity index (χ4n) is 5.06. The van der Waals surface area contributed by atoms with E-state index in [0.717, 1.165) is 17.7 Å². The molecule has 6 nitrogen and oxygen atoms in total. The van der Waals surface area contributed by atoms with Crippen molar-refractivity contribution in [3.63, 3.8) is 0 Å². The molecule has 2 N–H and O–H groups in total. The lowest BCUT2D eigenvalue weighted by molar-refractivity contribution is -0.136. The summed E-state index contributed by atoms with van der Waals surface area (Å²) in [6.07, 6.45) is 1.07. The average molecular weight is 586 g/mol. The van der Waals surface area contributed by atoms with Crippen molar-refractivity contribution < 1.29 is 14.0 Å². The van der Waals surface area contributed by atoms with Crippen molar-refractivity contribution in [1.82, 2.24) is 15.5 Å². The third-order valence-corrected chi connectivity index (χ3v) is 7.75. The Bertz CT molecular complexity index is 1330. The Labute approximate surface area is 245 Å². The van der Waals surface area contributed by atoms with Crippen molar-refractivity contribution in [2.45, 2.75) is 45.3 Å². The molecule has 1 saturated heterocycles. The Balaban J connectivity index is 1.37. The average Bonchev–Trinajstić information content (AvgIpc) is 2.93. The lowest BCUT2D eigenvalue weighted by Crippen LogP contribution is -2.55. The number of halogens is 3. The molecule has 1 fully saturated rings. The quantitative estimate of drug-likeness (QED) is 0.341. The summed E-state index contributed by atoms with van der Waals surface area (Å²) < 4.78 is 14.0. The summed E-state index contributed by atoms with van der Waals surface area (Å²) in [5, 5.41) is 7.22. The van der Waals surface area contributed by atoms with Gasteiger partial charge in [-0.2, -0.15) is 0 Å². The largest absolute Gasteiger partial charge is 0.368 e. The Morgan fingerprint density at radius 3 is 2.25 bits per heavy atom. The van der Waals surface area contributed by atoms with Crippen LogP contribution >= 0.6 is 23.2 Å². The molecular weight excluding hydrogens is 550 g/mol. The number of anilines is 1. The summed E-state index contributed by atoms with van der Waals surface area (Å²) in [5.74, 6) is -0.596. The van der Waals surface area contributed by atoms with Gasteiger partial charge in [0.05, 0.1) is 0 Å². The van der Waals surface area contributed by atoms with Crippen molar-refractivity contribution in [2.24, 2.45) is 0 Å². The maximum atomic E-state index is 14.0. The number of carbonyl (C=O) groups is 2. The van der Waals surface area contributed by atoms with E-state index in [1.54, 1.807) is 30.3 Å². The van der Waals surface area contributed by atoms with Crippen molar-refractivity contribution in [3.05, 3.63) is 99.3 Å². The topological polar surface area (TPSA) is 64.7 Å². The number of hydrogen-bond donors (Lipinski definition) is 2. The van der Waals surface area contributed by atoms with E-state index in [0.29, 0.717) is 48.3 Å². The number of rotatable bonds is 10. The van der Waals surface area contributed by atoms with Crippen molar-refractivity contribution >= 4 is 40.7 Å². The van der Waals surface area contributed by atoms with E-state index < -0.39 is 6.04 Å². The van der Waals surface area contributed by atoms with E-state index >= 15 is 0 Å². The molecule has 3 aromatic rings. The van der Waals surface area contributed by atoms with Crippen LogP contribution in [0.25, 0.3) is 0 Å². The van der Waals surface area contributed by atoms with Crippen LogP contribution in [0.1, 0.15) is 30.5 Å². The summed E-state index contributed by atoms with van der Waals surface area (Å²) in [4.78, 5) is 29.5. The van der Waals surface area contributed by atoms with Crippen LogP contribution in [0.15, 0.2) is 66.7 Å². The van der Waals surface area contributed by atoms with Crippen molar-refractivity contribution in [3.8, 4) is 0 Å². The molecule has 0 spiro atoms. The van der Waals surface area contributed by atoms with E-state index in [9.17, 15) is 14.0 Å². The van der Waals surface area contributed by atoms with Crippen LogP contribution in [0.5, 0.6) is 0 Å². The maximum absolute atomic E-state index is 14.0. The molecule has 2 amide bonds. The van der Waals surface area contributed by atoms with Crippen LogP contribution in [0, 0.1) is 5.82 Å². The van der Waals surface area contributed by atoms with Crippen LogP contribution < -0.4 is 15.5 Å². The predicted molar refractivity (Wildman–Crippen MR) is 159 cm³/mol. The van der Waals surface area contributed by atoms with Crippen LogP contribution in [0.4, 0.5) is 10.1 Å². The van der Waals surface area contributed by atoms with Gasteiger partial charge < -0.3 is 20.4 Å². The van der Waals surface area contributed by atoms with Gasteiger partial charge in [-0.3, -0.25) is 9.59 Å². The molecule has 1 heterocycles. The molecule has 9 heteroatoms. The number of amides is 2. The lowest BCUT2D eigenvalue weighted by Gasteiger charge is -2.38. The van der Waals surface area contributed by atoms with E-state index in [-0.39, 0.29) is 30.1 Å². The van der Waals surface area contributed by atoms with Gasteiger partial charge in [-0.05, 0) is 48.7 Å². The minimum atomic E-state index is -0.712. The van der Waals surface area contributed by atoms with Gasteiger partial charge in [0, 0.05) is 73.4 Å². The highest BCUT2D eigenvalue weighted by Gasteiger charge is 2.29. The summed E-state index contributed by atoms with van der Waals surface area (Å²) in [7, 11) is 0. The molecule has 4 rings (SSSR count). The van der Waals surface area contributed by atoms with Gasteiger partial charge >= 0.3 is 0 Å². The zero-order chi connectivity index (χ0) is 28.6. The smallest absolute Gasteiger partial charge is 0.245 e. The Hall–Kier alpha value is -3.13. The molecule has 40 heavy (non-hydrogen) atoms. The number of hydrogen-bond acceptors (Lipinski definition) is 4. The zero-order valence-corrected chi connectivity index (χ0v) is 24.3. The summed E-state index contributed by atoms with van der Waals surface area (Å²) >= 11 is 12.4. The highest BCUT2D eigenvalue weighted by molar-refractivity contribution is 6.35. The van der Waals surface area contributed by atoms with E-state index in [2.05, 4.69) is 34.6 Å². The molecule has 0 bridgehead atoms. The van der Waals surface area contributed by atoms with Gasteiger partial charge in [-0.1, -0.05) is 65.7 Å². The minimum Gasteiger partial charge on any atom is -0.368 e. The Kier molecular flexibility index (Phi) is 10.4. The predicted octanol–water partition coefficient (Wildman–Crippen LogP) is 5.25. The maximum Gasteiger partial charge on any atom is 0.245 e. The molecule has 1 aliphatic heterocycles. The molecule has 3 aromatic carbocycles. The van der Waals surface area contributed by atoms with Gasteiger partial charge in [0.2, 0.25) is 11.8 Å². The fourth-order valence-corrected chi connectivity index (χ4v) is 5.55. The molecular formula is C31H35Cl2FN4O2. The molecule has 0 aromatic heterocycles. The first-order valence-corrected chi connectivity index (χ1v) is 14.3. The van der Waals surface area contributed by atoms with Crippen LogP contribution in [0.3, 0.4) is 0 Å². The molecule has 0 aliphatic carbocycles. The number of benzene rings is 3. The van der Waals surface area contributed by atoms with E-state index in [4.69, 9.17) is 23.2 Å². The number of para-hydroxylation sites is 1. The number of nitrogens with zero attached hydrogens (tertiary/aromatic N) is 2. The second kappa shape index (κ2) is 14.0. The second-order valence-electron chi connectivity index (χ2n) is 10.2. The fraction of sp³-hybridized carbons (Fsp3) is 0.355. The molecule has 0 radical (unpaired) electrons. The number of carbonyl (C=O) groups excluding carboxylic acids is 2. The highest BCUT2D eigenvalue weighted by atomic mass is 35.5. The van der Waals surface area contributed by atoms with Crippen LogP contribution in [-0.4, -0.2) is 55.0 Å². The summed E-state index contributed by atoms with van der Waals surface area (Å²) in [6, 6.07) is 19.7. The third kappa shape index (κ3) is 7.96. The first-order chi connectivity index (χ1) is 19.2. The normalized spacial score (nSPS) is 15.0.